The molecule has 0 radical (unpaired) electrons. The van der Waals surface area contributed by atoms with E-state index in [1.54, 1.807) is 12.1 Å². The van der Waals surface area contributed by atoms with Crippen LogP contribution in [0.5, 0.6) is 0 Å². The number of hydrogen-bond acceptors (Lipinski definition) is 4. The molecule has 1 N–H and O–H groups in total. The molecule has 1 aliphatic heterocycles. The Bertz CT molecular complexity index is 1010. The van der Waals surface area contributed by atoms with Crippen molar-refractivity contribution in [1.82, 2.24) is 9.62 Å². The minimum absolute atomic E-state index is 0.0856. The molecule has 4 rings (SSSR count). The number of carbonyl (C=O) groups is 1. The first-order chi connectivity index (χ1) is 14.4. The van der Waals surface area contributed by atoms with Crippen LogP contribution in [0.3, 0.4) is 0 Å². The number of carbonyl (C=O) groups excluding carboxylic acids is 1. The number of hydrogen-bond donors (Lipinski definition) is 1. The molecule has 1 amide bonds. The molecule has 8 heteroatoms. The van der Waals surface area contributed by atoms with E-state index >= 15 is 0 Å². The fourth-order valence-corrected chi connectivity index (χ4v) is 5.64. The quantitative estimate of drug-likeness (QED) is 0.736. The lowest BCUT2D eigenvalue weighted by Crippen LogP contribution is -2.45. The van der Waals surface area contributed by atoms with Gasteiger partial charge < -0.3 is 10.1 Å². The van der Waals surface area contributed by atoms with Crippen LogP contribution in [-0.2, 0) is 20.2 Å². The van der Waals surface area contributed by atoms with Crippen molar-refractivity contribution in [2.45, 2.75) is 29.6 Å². The number of nitrogens with zero attached hydrogens (tertiary/aromatic N) is 1. The Balaban J connectivity index is 1.47. The zero-order valence-electron chi connectivity index (χ0n) is 16.6. The molecule has 2 aliphatic rings. The van der Waals surface area contributed by atoms with Gasteiger partial charge in [-0.2, -0.15) is 4.31 Å². The van der Waals surface area contributed by atoms with Crippen LogP contribution in [-0.4, -0.2) is 51.5 Å². The van der Waals surface area contributed by atoms with Gasteiger partial charge in [0.05, 0.1) is 18.1 Å². The first-order valence-electron chi connectivity index (χ1n) is 10.1. The minimum Gasteiger partial charge on any atom is -0.379 e. The summed E-state index contributed by atoms with van der Waals surface area (Å²) in [6.07, 6.45) is 3.12. The zero-order valence-corrected chi connectivity index (χ0v) is 18.2. The highest BCUT2D eigenvalue weighted by Crippen LogP contribution is 2.43. The number of rotatable bonds is 6. The fraction of sp³-hybridized carbons (Fsp3) is 0.409. The Hall–Kier alpha value is -1.93. The Labute approximate surface area is 182 Å². The van der Waals surface area contributed by atoms with Crippen LogP contribution in [0, 0.1) is 0 Å². The summed E-state index contributed by atoms with van der Waals surface area (Å²) in [6.45, 7) is 1.91. The first kappa shape index (κ1) is 21.3. The van der Waals surface area contributed by atoms with Crippen LogP contribution < -0.4 is 5.32 Å². The van der Waals surface area contributed by atoms with Gasteiger partial charge in [-0.05, 0) is 48.7 Å². The van der Waals surface area contributed by atoms with Crippen LogP contribution in [0.25, 0.3) is 0 Å². The lowest BCUT2D eigenvalue weighted by Gasteiger charge is -2.42. The second-order valence-corrected chi connectivity index (χ2v) is 10.2. The summed E-state index contributed by atoms with van der Waals surface area (Å²) < 4.78 is 32.4. The van der Waals surface area contributed by atoms with Gasteiger partial charge in [0.1, 0.15) is 0 Å². The van der Waals surface area contributed by atoms with Crippen molar-refractivity contribution >= 4 is 27.5 Å². The predicted octanol–water partition coefficient (Wildman–Crippen LogP) is 3.21. The third-order valence-electron chi connectivity index (χ3n) is 6.06. The Morgan fingerprint density at radius 1 is 1.10 bits per heavy atom. The van der Waals surface area contributed by atoms with Crippen molar-refractivity contribution < 1.29 is 17.9 Å². The summed E-state index contributed by atoms with van der Waals surface area (Å²) >= 11 is 6.01. The molecule has 1 heterocycles. The van der Waals surface area contributed by atoms with Gasteiger partial charge >= 0.3 is 0 Å². The van der Waals surface area contributed by atoms with Gasteiger partial charge in [0.15, 0.2) is 0 Å². The third-order valence-corrected chi connectivity index (χ3v) is 8.21. The summed E-state index contributed by atoms with van der Waals surface area (Å²) in [5.41, 5.74) is 1.43. The molecule has 0 atom stereocenters. The highest BCUT2D eigenvalue weighted by atomic mass is 35.5. The topological polar surface area (TPSA) is 75.7 Å². The van der Waals surface area contributed by atoms with Gasteiger partial charge in [-0.1, -0.05) is 36.2 Å². The second kappa shape index (κ2) is 8.67. The maximum atomic E-state index is 12.9. The second-order valence-electron chi connectivity index (χ2n) is 7.87. The molecular weight excluding hydrogens is 424 g/mol. The van der Waals surface area contributed by atoms with Crippen molar-refractivity contribution in [1.29, 1.82) is 0 Å². The summed E-state index contributed by atoms with van der Waals surface area (Å²) in [5, 5.41) is 3.70. The van der Waals surface area contributed by atoms with Gasteiger partial charge in [0, 0.05) is 35.6 Å². The molecule has 2 aromatic carbocycles. The highest BCUT2D eigenvalue weighted by molar-refractivity contribution is 7.89. The molecule has 2 aromatic rings. The Morgan fingerprint density at radius 3 is 2.43 bits per heavy atom. The molecule has 0 aromatic heterocycles. The lowest BCUT2D eigenvalue weighted by molar-refractivity contribution is 0.0730. The SMILES string of the molecule is O=C(NCC1(c2ccc(Cl)cc2)CCC1)c1cccc(S(=O)(=O)N2CCOCC2)c1. The van der Waals surface area contributed by atoms with Crippen LogP contribution in [0.15, 0.2) is 53.4 Å². The molecule has 160 valence electrons. The summed E-state index contributed by atoms with van der Waals surface area (Å²) in [7, 11) is -3.64. The van der Waals surface area contributed by atoms with Crippen LogP contribution in [0.2, 0.25) is 5.02 Å². The van der Waals surface area contributed by atoms with Crippen molar-refractivity contribution in [2.75, 3.05) is 32.8 Å². The number of benzene rings is 2. The molecule has 1 saturated carbocycles. The van der Waals surface area contributed by atoms with Crippen molar-refractivity contribution in [3.63, 3.8) is 0 Å². The number of morpholine rings is 1. The Morgan fingerprint density at radius 2 is 1.80 bits per heavy atom. The van der Waals surface area contributed by atoms with E-state index < -0.39 is 10.0 Å². The summed E-state index contributed by atoms with van der Waals surface area (Å²) in [6, 6.07) is 14.0. The van der Waals surface area contributed by atoms with E-state index in [1.165, 1.54) is 22.0 Å². The minimum atomic E-state index is -3.64. The molecule has 0 bridgehead atoms. The number of nitrogens with one attached hydrogen (secondary N) is 1. The Kier molecular flexibility index (Phi) is 6.16. The summed E-state index contributed by atoms with van der Waals surface area (Å²) in [4.78, 5) is 12.9. The van der Waals surface area contributed by atoms with Crippen LogP contribution >= 0.6 is 11.6 Å². The molecule has 1 saturated heterocycles. The van der Waals surface area contributed by atoms with E-state index in [2.05, 4.69) is 5.32 Å². The van der Waals surface area contributed by atoms with Gasteiger partial charge in [-0.3, -0.25) is 4.79 Å². The average molecular weight is 449 g/mol. The predicted molar refractivity (Wildman–Crippen MR) is 115 cm³/mol. The lowest BCUT2D eigenvalue weighted by atomic mass is 9.64. The zero-order chi connectivity index (χ0) is 21.2. The van der Waals surface area contributed by atoms with E-state index in [9.17, 15) is 13.2 Å². The van der Waals surface area contributed by atoms with E-state index in [4.69, 9.17) is 16.3 Å². The van der Waals surface area contributed by atoms with E-state index in [-0.39, 0.29) is 16.2 Å². The smallest absolute Gasteiger partial charge is 0.251 e. The molecule has 6 nitrogen and oxygen atoms in total. The molecule has 2 fully saturated rings. The van der Waals surface area contributed by atoms with Gasteiger partial charge in [0.2, 0.25) is 10.0 Å². The maximum Gasteiger partial charge on any atom is 0.251 e. The van der Waals surface area contributed by atoms with Crippen molar-refractivity contribution in [3.8, 4) is 0 Å². The number of ether oxygens (including phenoxy) is 1. The largest absolute Gasteiger partial charge is 0.379 e. The van der Waals surface area contributed by atoms with E-state index in [0.717, 1.165) is 19.3 Å². The number of amides is 1. The molecule has 0 unspecified atom stereocenters. The molecule has 0 spiro atoms. The van der Waals surface area contributed by atoms with Crippen LogP contribution in [0.4, 0.5) is 0 Å². The van der Waals surface area contributed by atoms with Crippen molar-refractivity contribution in [2.24, 2.45) is 0 Å². The standard InChI is InChI=1S/C22H25ClN2O4S/c23-19-7-5-18(6-8-19)22(9-2-10-22)16-24-21(26)17-3-1-4-20(15-17)30(27,28)25-11-13-29-14-12-25/h1,3-8,15H,2,9-14,16H2,(H,24,26). The maximum absolute atomic E-state index is 12.9. The number of sulfonamides is 1. The third kappa shape index (κ3) is 4.25. The molecule has 30 heavy (non-hydrogen) atoms. The average Bonchev–Trinajstić information content (AvgIpc) is 2.74. The summed E-state index contributed by atoms with van der Waals surface area (Å²) in [5.74, 6) is -0.269. The van der Waals surface area contributed by atoms with Gasteiger partial charge in [0.25, 0.3) is 5.91 Å². The van der Waals surface area contributed by atoms with E-state index in [0.29, 0.717) is 43.4 Å². The van der Waals surface area contributed by atoms with Gasteiger partial charge in [-0.15, -0.1) is 0 Å². The van der Waals surface area contributed by atoms with E-state index in [1.807, 2.05) is 24.3 Å². The molecule has 1 aliphatic carbocycles. The normalized spacial score (nSPS) is 19.1. The van der Waals surface area contributed by atoms with Crippen molar-refractivity contribution in [3.05, 3.63) is 64.7 Å². The monoisotopic (exact) mass is 448 g/mol. The fourth-order valence-electron chi connectivity index (χ4n) is 4.06. The molecular formula is C22H25ClN2O4S. The van der Waals surface area contributed by atoms with Crippen LogP contribution in [0.1, 0.15) is 35.2 Å². The van der Waals surface area contributed by atoms with Gasteiger partial charge in [-0.25, -0.2) is 8.42 Å². The first-order valence-corrected chi connectivity index (χ1v) is 11.9. The number of halogens is 1. The highest BCUT2D eigenvalue weighted by Gasteiger charge is 2.39.